The summed E-state index contributed by atoms with van der Waals surface area (Å²) in [6, 6.07) is 23.1. The maximum Gasteiger partial charge on any atom is 0.216 e. The molecule has 243 valence electrons. The van der Waals surface area contributed by atoms with Gasteiger partial charge in [-0.25, -0.2) is 4.98 Å². The Labute approximate surface area is 293 Å². The van der Waals surface area contributed by atoms with Crippen molar-refractivity contribution in [2.45, 2.75) is 58.3 Å². The van der Waals surface area contributed by atoms with Crippen LogP contribution in [-0.4, -0.2) is 37.8 Å². The van der Waals surface area contributed by atoms with Gasteiger partial charge in [0.05, 0.1) is 28.6 Å². The van der Waals surface area contributed by atoms with Crippen molar-refractivity contribution in [1.29, 1.82) is 0 Å². The van der Waals surface area contributed by atoms with Crippen LogP contribution in [-0.2, 0) is 33.6 Å². The third kappa shape index (κ3) is 6.99. The summed E-state index contributed by atoms with van der Waals surface area (Å²) >= 11 is -1.86. The van der Waals surface area contributed by atoms with E-state index >= 15 is 0 Å². The van der Waals surface area contributed by atoms with Crippen LogP contribution in [0.25, 0.3) is 55.7 Å². The van der Waals surface area contributed by atoms with Gasteiger partial charge in [-0.15, -0.1) is 17.7 Å². The van der Waals surface area contributed by atoms with Crippen LogP contribution < -0.4 is 4.40 Å². The Morgan fingerprint density at radius 1 is 0.957 bits per heavy atom. The molecule has 0 aliphatic heterocycles. The monoisotopic (exact) mass is 862 g/mol. The molecule has 5 heterocycles. The number of nitrogens with zero attached hydrogens (tertiary/aromatic N) is 5. The van der Waals surface area contributed by atoms with Crippen LogP contribution in [0.3, 0.4) is 0 Å². The van der Waals surface area contributed by atoms with Gasteiger partial charge in [-0.05, 0) is 31.5 Å². The molecule has 0 aliphatic carbocycles. The van der Waals surface area contributed by atoms with Gasteiger partial charge in [-0.1, -0.05) is 17.9 Å². The van der Waals surface area contributed by atoms with Gasteiger partial charge < -0.3 is 8.98 Å². The predicted octanol–water partition coefficient (Wildman–Crippen LogP) is 8.95. The first kappa shape index (κ1) is 34.7. The molecule has 7 aromatic rings. The minimum atomic E-state index is -1.86. The molecule has 0 fully saturated rings. The Morgan fingerprint density at radius 2 is 1.74 bits per heavy atom. The normalized spacial score (nSPS) is 11.6. The van der Waals surface area contributed by atoms with Crippen molar-refractivity contribution >= 4 is 50.8 Å². The third-order valence-corrected chi connectivity index (χ3v) is 12.8. The fourth-order valence-corrected chi connectivity index (χ4v) is 9.34. The average Bonchev–Trinajstić information content (AvgIpc) is 3.55. The quantitative estimate of drug-likeness (QED) is 0.128. The summed E-state index contributed by atoms with van der Waals surface area (Å²) in [4.78, 5) is 18.3. The van der Waals surface area contributed by atoms with Crippen molar-refractivity contribution in [2.24, 2.45) is 13.0 Å². The Kier molecular flexibility index (Phi) is 10.2. The van der Waals surface area contributed by atoms with E-state index in [1.165, 1.54) is 5.56 Å². The van der Waals surface area contributed by atoms with Crippen molar-refractivity contribution in [1.82, 2.24) is 24.5 Å². The van der Waals surface area contributed by atoms with Crippen LogP contribution in [0.5, 0.6) is 0 Å². The molecule has 47 heavy (non-hydrogen) atoms. The van der Waals surface area contributed by atoms with E-state index in [1.54, 1.807) is 10.6 Å². The maximum atomic E-state index is 6.19. The van der Waals surface area contributed by atoms with Crippen molar-refractivity contribution in [3.63, 3.8) is 0 Å². The Hall–Kier alpha value is -3.65. The first-order chi connectivity index (χ1) is 21.9. The third-order valence-electron chi connectivity index (χ3n) is 8.50. The molecule has 2 aromatic carbocycles. The SMILES string of the molecule is CC(C)Cc1cc(-c2[c-]cccc2)nc[c]1[Ge]([CH3])([CH3])[CH3].Cc1cc2c(nc1C)oc1c(-c3nc4ccncc4n3C)[c-]cc(C)c12.[Ir]. The number of imidazole rings is 1. The van der Waals surface area contributed by atoms with Gasteiger partial charge in [-0.3, -0.25) is 9.97 Å². The molecule has 8 heteroatoms. The van der Waals surface area contributed by atoms with E-state index in [1.807, 2.05) is 55.1 Å². The topological polar surface area (TPSA) is 69.6 Å². The number of furan rings is 1. The van der Waals surface area contributed by atoms with Gasteiger partial charge in [0.15, 0.2) is 0 Å². The second-order valence-electron chi connectivity index (χ2n) is 13.6. The molecular weight excluding hydrogens is 819 g/mol. The predicted molar refractivity (Wildman–Crippen MR) is 192 cm³/mol. The smallest absolute Gasteiger partial charge is 0.216 e. The number of fused-ring (bicyclic) bond motifs is 4. The number of hydrogen-bond acceptors (Lipinski definition) is 5. The van der Waals surface area contributed by atoms with Gasteiger partial charge in [0.1, 0.15) is 0 Å². The molecule has 0 amide bonds. The van der Waals surface area contributed by atoms with E-state index in [9.17, 15) is 0 Å². The minimum absolute atomic E-state index is 0. The molecular formula is C39H41GeIrN5O-2. The fraction of sp³-hybridized carbons (Fsp3) is 0.282. The molecule has 0 unspecified atom stereocenters. The number of aromatic nitrogens is 5. The summed E-state index contributed by atoms with van der Waals surface area (Å²) in [5, 5.41) is 2.12. The molecule has 0 saturated heterocycles. The number of hydrogen-bond donors (Lipinski definition) is 0. The molecule has 6 nitrogen and oxygen atoms in total. The molecule has 7 rings (SSSR count). The van der Waals surface area contributed by atoms with Gasteiger partial charge in [0.2, 0.25) is 5.71 Å². The average molecular weight is 861 g/mol. The first-order valence-corrected chi connectivity index (χ1v) is 23.2. The Bertz CT molecular complexity index is 2200. The second kappa shape index (κ2) is 13.8. The standard InChI is InChI=1S/C21H17N4O.C18H24GeN.Ir/c1-11-5-6-14(20-24-16-7-8-22-10-17(16)25(20)4)19-18(11)15-9-12(2)13(3)23-21(15)26-19;1-14(2)11-16-12-18(15-9-7-6-8-10-15)20-13-17(16)19(3,4)5;/h5,7-10H,1-4H3;6-9,12-14H,11H2,1-5H3;/q2*-1;. The van der Waals surface area contributed by atoms with Crippen LogP contribution in [0.1, 0.15) is 36.2 Å². The number of aryl methyl sites for hydroxylation is 4. The summed E-state index contributed by atoms with van der Waals surface area (Å²) in [7, 11) is 1.99. The number of pyridine rings is 3. The van der Waals surface area contributed by atoms with Crippen molar-refractivity contribution in [3.05, 3.63) is 102 Å². The van der Waals surface area contributed by atoms with E-state index in [2.05, 4.69) is 91.5 Å². The van der Waals surface area contributed by atoms with Crippen molar-refractivity contribution in [3.8, 4) is 22.6 Å². The molecule has 0 saturated carbocycles. The van der Waals surface area contributed by atoms with E-state index in [0.717, 1.165) is 73.3 Å². The zero-order valence-electron chi connectivity index (χ0n) is 28.6. The molecule has 0 spiro atoms. The van der Waals surface area contributed by atoms with Crippen LogP contribution in [0.2, 0.25) is 17.3 Å². The van der Waals surface area contributed by atoms with Crippen molar-refractivity contribution in [2.75, 3.05) is 0 Å². The van der Waals surface area contributed by atoms with E-state index in [0.29, 0.717) is 11.6 Å². The van der Waals surface area contributed by atoms with E-state index in [4.69, 9.17) is 14.4 Å². The zero-order chi connectivity index (χ0) is 32.7. The van der Waals surface area contributed by atoms with Crippen LogP contribution in [0.15, 0.2) is 71.5 Å². The largest absolute Gasteiger partial charge is 0.486 e. The zero-order valence-corrected chi connectivity index (χ0v) is 33.1. The van der Waals surface area contributed by atoms with Crippen LogP contribution in [0.4, 0.5) is 0 Å². The molecule has 0 bridgehead atoms. The summed E-state index contributed by atoms with van der Waals surface area (Å²) in [6.45, 7) is 10.7. The number of rotatable bonds is 5. The van der Waals surface area contributed by atoms with Crippen LogP contribution in [0, 0.1) is 38.8 Å². The molecule has 0 N–H and O–H groups in total. The minimum Gasteiger partial charge on any atom is -0.486 e. The summed E-state index contributed by atoms with van der Waals surface area (Å²) < 4.78 is 9.76. The summed E-state index contributed by atoms with van der Waals surface area (Å²) in [5.74, 6) is 8.80. The number of benzene rings is 2. The summed E-state index contributed by atoms with van der Waals surface area (Å²) in [6.07, 6.45) is 6.85. The molecule has 0 aliphatic rings. The van der Waals surface area contributed by atoms with Gasteiger partial charge >= 0.3 is 126 Å². The first-order valence-electron chi connectivity index (χ1n) is 15.9. The second-order valence-corrected chi connectivity index (χ2v) is 24.2. The maximum absolute atomic E-state index is 6.19. The molecule has 0 atom stereocenters. The van der Waals surface area contributed by atoms with Crippen molar-refractivity contribution < 1.29 is 24.5 Å². The Balaban J connectivity index is 0.000000188. The van der Waals surface area contributed by atoms with E-state index in [-0.39, 0.29) is 20.1 Å². The Morgan fingerprint density at radius 3 is 2.43 bits per heavy atom. The molecule has 5 aromatic heterocycles. The molecule has 1 radical (unpaired) electrons. The van der Waals surface area contributed by atoms with Gasteiger partial charge in [0.25, 0.3) is 0 Å². The van der Waals surface area contributed by atoms with Gasteiger partial charge in [-0.2, -0.15) is 0 Å². The summed E-state index contributed by atoms with van der Waals surface area (Å²) in [5.41, 5.74) is 11.1. The van der Waals surface area contributed by atoms with E-state index < -0.39 is 13.3 Å². The fourth-order valence-electron chi connectivity index (χ4n) is 6.00. The van der Waals surface area contributed by atoms with Crippen LogP contribution >= 0.6 is 0 Å². The van der Waals surface area contributed by atoms with Gasteiger partial charge in [0, 0.05) is 44.4 Å².